The summed E-state index contributed by atoms with van der Waals surface area (Å²) in [5.74, 6) is 0.240. The number of aromatic nitrogens is 4. The standard InChI is InChI=1S/C27H23ClFN3O2.C26H21ClFN3O2.CH4O.Na.H2O/c1-34-27(33)20-7-10-23-24(16-20)30-25(18-5-8-22(29)9-6-18)26(31-23)32-13-11-17(12-14-32)19-3-2-4-21(28)15-19;27-20-3-1-2-18(14-20)16-10-12-31(13-11-16)25-24(17-4-7-21(28)8-5-17)29-23-15-19(26(32)33)6-9-22(23)30-25;1-2;;/h2-10,15-17H,11-14H2,1H3;1-9,14-16H,10-13H2,(H,32,33);2H,1H3;;1H2/q;;;+1;/p-1. The Balaban J connectivity index is 0.000000219. The number of piperidine rings is 2. The Morgan fingerprint density at radius 3 is 1.34 bits per heavy atom. The summed E-state index contributed by atoms with van der Waals surface area (Å²) in [5.41, 5.74) is 8.22. The van der Waals surface area contributed by atoms with Crippen molar-refractivity contribution in [2.75, 3.05) is 50.2 Å². The Bertz CT molecular complexity index is 3120. The summed E-state index contributed by atoms with van der Waals surface area (Å²) < 4.78 is 32.0. The number of benzene rings is 6. The maximum atomic E-state index is 13.6. The van der Waals surface area contributed by atoms with Crippen LogP contribution in [0.1, 0.15) is 69.4 Å². The van der Waals surface area contributed by atoms with E-state index in [1.165, 1.54) is 54.6 Å². The maximum absolute atomic E-state index is 13.6. The van der Waals surface area contributed by atoms with Crippen LogP contribution in [0.5, 0.6) is 0 Å². The van der Waals surface area contributed by atoms with E-state index in [0.717, 1.165) is 91.8 Å². The molecule has 0 bridgehead atoms. The monoisotopic (exact) mass is 1010 g/mol. The van der Waals surface area contributed by atoms with Crippen LogP contribution in [-0.4, -0.2) is 88.0 Å². The number of halogens is 4. The van der Waals surface area contributed by atoms with Gasteiger partial charge in [0.05, 0.1) is 40.3 Å². The van der Waals surface area contributed by atoms with E-state index in [-0.39, 0.29) is 52.2 Å². The van der Waals surface area contributed by atoms with E-state index < -0.39 is 11.9 Å². The molecule has 3 N–H and O–H groups in total. The van der Waals surface area contributed by atoms with E-state index in [4.69, 9.17) is 53.0 Å². The number of aliphatic hydroxyl groups excluding tert-OH is 1. The van der Waals surface area contributed by atoms with Crippen LogP contribution in [0, 0.1) is 11.6 Å². The van der Waals surface area contributed by atoms with E-state index in [2.05, 4.69) is 21.9 Å². The number of carboxylic acid groups (broad SMARTS) is 1. The average molecular weight is 1010 g/mol. The summed E-state index contributed by atoms with van der Waals surface area (Å²) in [5, 5.41) is 17.8. The number of ether oxygens (including phenoxy) is 1. The van der Waals surface area contributed by atoms with Gasteiger partial charge in [-0.25, -0.2) is 38.3 Å². The molecular formula is C54H49Cl2F2N6NaO6. The van der Waals surface area contributed by atoms with Crippen LogP contribution < -0.4 is 39.4 Å². The number of carbonyl (C=O) groups is 2. The molecule has 17 heteroatoms. The van der Waals surface area contributed by atoms with E-state index in [9.17, 15) is 23.5 Å². The second-order valence-corrected chi connectivity index (χ2v) is 17.5. The van der Waals surface area contributed by atoms with Gasteiger partial charge in [-0.15, -0.1) is 0 Å². The quantitative estimate of drug-likeness (QED) is 0.110. The number of anilines is 2. The molecule has 4 heterocycles. The van der Waals surface area contributed by atoms with Crippen molar-refractivity contribution in [3.63, 3.8) is 0 Å². The minimum atomic E-state index is -1.02. The molecule has 0 aliphatic carbocycles. The van der Waals surface area contributed by atoms with Gasteiger partial charge in [0.15, 0.2) is 11.6 Å². The number of aliphatic hydroxyl groups is 1. The zero-order valence-corrected chi connectivity index (χ0v) is 42.8. The van der Waals surface area contributed by atoms with Gasteiger partial charge in [0.25, 0.3) is 0 Å². The van der Waals surface area contributed by atoms with Crippen molar-refractivity contribution in [3.8, 4) is 22.5 Å². The summed E-state index contributed by atoms with van der Waals surface area (Å²) in [6.07, 6.45) is 3.82. The third-order valence-corrected chi connectivity index (χ3v) is 12.9. The molecule has 2 saturated heterocycles. The molecule has 0 atom stereocenters. The van der Waals surface area contributed by atoms with Gasteiger partial charge in [-0.3, -0.25) is 0 Å². The number of hydrogen-bond donors (Lipinski definition) is 2. The summed E-state index contributed by atoms with van der Waals surface area (Å²) in [6, 6.07) is 38.3. The van der Waals surface area contributed by atoms with E-state index >= 15 is 0 Å². The van der Waals surface area contributed by atoms with Crippen molar-refractivity contribution in [1.29, 1.82) is 0 Å². The minimum absolute atomic E-state index is 0. The Kier molecular flexibility index (Phi) is 19.0. The second-order valence-electron chi connectivity index (χ2n) is 16.6. The van der Waals surface area contributed by atoms with Crippen molar-refractivity contribution in [1.82, 2.24) is 19.9 Å². The van der Waals surface area contributed by atoms with Gasteiger partial charge in [-0.2, -0.15) is 0 Å². The van der Waals surface area contributed by atoms with Crippen molar-refractivity contribution in [3.05, 3.63) is 177 Å². The van der Waals surface area contributed by atoms with Crippen LogP contribution >= 0.6 is 23.2 Å². The second kappa shape index (κ2) is 24.8. The first kappa shape index (κ1) is 54.2. The number of fused-ring (bicyclic) bond motifs is 2. The number of carboxylic acids is 1. The molecule has 2 aliphatic rings. The average Bonchev–Trinajstić information content (AvgIpc) is 3.38. The predicted molar refractivity (Wildman–Crippen MR) is 270 cm³/mol. The molecule has 0 unspecified atom stereocenters. The third-order valence-electron chi connectivity index (χ3n) is 12.4. The Hall–Kier alpha value is -6.10. The Morgan fingerprint density at radius 1 is 0.563 bits per heavy atom. The summed E-state index contributed by atoms with van der Waals surface area (Å²) >= 11 is 12.4. The van der Waals surface area contributed by atoms with Crippen LogP contribution in [0.4, 0.5) is 20.4 Å². The number of esters is 1. The number of rotatable bonds is 8. The van der Waals surface area contributed by atoms with Crippen molar-refractivity contribution < 1.29 is 68.4 Å². The molecule has 71 heavy (non-hydrogen) atoms. The van der Waals surface area contributed by atoms with E-state index in [0.29, 0.717) is 50.9 Å². The Labute approximate surface area is 441 Å². The SMILES string of the molecule is CO.COC(=O)c1ccc2nc(N3CCC(c4cccc(Cl)c4)CC3)c(-c3ccc(F)cc3)nc2c1.O=C(O)c1ccc2nc(N3CCC(c4cccc(Cl)c4)CC3)c(-c3ccc(F)cc3)nc2c1.[Na+].[OH-]. The molecule has 10 rings (SSSR count). The summed E-state index contributed by atoms with van der Waals surface area (Å²) in [6.45, 7) is 3.20. The molecule has 2 aromatic heterocycles. The minimum Gasteiger partial charge on any atom is -0.870 e. The van der Waals surface area contributed by atoms with Crippen molar-refractivity contribution in [2.45, 2.75) is 37.5 Å². The molecule has 12 nitrogen and oxygen atoms in total. The smallest absolute Gasteiger partial charge is 0.870 e. The first-order valence-corrected chi connectivity index (χ1v) is 23.2. The van der Waals surface area contributed by atoms with Crippen LogP contribution in [0.2, 0.25) is 10.0 Å². The normalized spacial score (nSPS) is 13.7. The van der Waals surface area contributed by atoms with Gasteiger partial charge < -0.3 is 30.2 Å². The molecule has 0 amide bonds. The van der Waals surface area contributed by atoms with E-state index in [1.807, 2.05) is 36.4 Å². The van der Waals surface area contributed by atoms with Crippen molar-refractivity contribution >= 4 is 68.8 Å². The largest absolute Gasteiger partial charge is 1.00 e. The fourth-order valence-electron chi connectivity index (χ4n) is 8.88. The number of aromatic carboxylic acids is 1. The zero-order valence-electron chi connectivity index (χ0n) is 39.3. The topological polar surface area (TPSA) is 172 Å². The first-order chi connectivity index (χ1) is 33.5. The van der Waals surface area contributed by atoms with Crippen LogP contribution in [0.25, 0.3) is 44.6 Å². The molecular weight excluding hydrogens is 961 g/mol. The van der Waals surface area contributed by atoms with E-state index in [1.54, 1.807) is 48.5 Å². The molecule has 0 spiro atoms. The van der Waals surface area contributed by atoms with Gasteiger partial charge in [-0.05, 0) is 158 Å². The fraction of sp³-hybridized carbons (Fsp3) is 0.222. The van der Waals surface area contributed by atoms with Crippen molar-refractivity contribution in [2.24, 2.45) is 0 Å². The molecule has 8 aromatic rings. The van der Waals surface area contributed by atoms with Crippen LogP contribution in [0.15, 0.2) is 133 Å². The maximum Gasteiger partial charge on any atom is 1.00 e. The molecule has 2 aliphatic heterocycles. The fourth-order valence-corrected chi connectivity index (χ4v) is 9.28. The van der Waals surface area contributed by atoms with Crippen LogP contribution in [-0.2, 0) is 4.74 Å². The van der Waals surface area contributed by atoms with Gasteiger partial charge in [0, 0.05) is 54.5 Å². The van der Waals surface area contributed by atoms with Gasteiger partial charge in [0.1, 0.15) is 23.0 Å². The molecule has 2 fully saturated rings. The summed E-state index contributed by atoms with van der Waals surface area (Å²) in [7, 11) is 2.35. The number of nitrogens with zero attached hydrogens (tertiary/aromatic N) is 6. The molecule has 6 aromatic carbocycles. The Morgan fingerprint density at radius 2 is 0.958 bits per heavy atom. The van der Waals surface area contributed by atoms with Gasteiger partial charge >= 0.3 is 41.5 Å². The molecule has 0 saturated carbocycles. The third kappa shape index (κ3) is 12.9. The number of hydrogen-bond acceptors (Lipinski definition) is 11. The zero-order chi connectivity index (χ0) is 48.6. The number of methoxy groups -OCH3 is 1. The predicted octanol–water partition coefficient (Wildman–Crippen LogP) is 8.87. The summed E-state index contributed by atoms with van der Waals surface area (Å²) in [4.78, 5) is 47.3. The van der Waals surface area contributed by atoms with Crippen LogP contribution in [0.3, 0.4) is 0 Å². The van der Waals surface area contributed by atoms with Gasteiger partial charge in [-0.1, -0.05) is 47.5 Å². The van der Waals surface area contributed by atoms with Gasteiger partial charge in [0.2, 0.25) is 0 Å². The first-order valence-electron chi connectivity index (χ1n) is 22.4. The molecule has 360 valence electrons. The number of carbonyl (C=O) groups excluding carboxylic acids is 1. The molecule has 0 radical (unpaired) electrons.